The first kappa shape index (κ1) is 37.3. The summed E-state index contributed by atoms with van der Waals surface area (Å²) in [5, 5.41) is 2.59. The number of rotatable bonds is 6. The van der Waals surface area contributed by atoms with E-state index in [-0.39, 0.29) is 29.6 Å². The quantitative estimate of drug-likeness (QED) is 0.167. The summed E-state index contributed by atoms with van der Waals surface area (Å²) in [6, 6.07) is 56.5. The lowest BCUT2D eigenvalue weighted by Crippen LogP contribution is -2.41. The molecule has 0 aromatic heterocycles. The van der Waals surface area contributed by atoms with Gasteiger partial charge in [-0.1, -0.05) is 139 Å². The largest absolute Gasteiger partial charge is 0.489 e. The van der Waals surface area contributed by atoms with E-state index < -0.39 is 0 Å². The molecular weight excluding hydrogens is 757 g/mol. The minimum atomic E-state index is -0.215. The van der Waals surface area contributed by atoms with Gasteiger partial charge >= 0.3 is 0 Å². The molecule has 4 heteroatoms. The molecular formula is C58H52N2O2. The van der Waals surface area contributed by atoms with Crippen LogP contribution in [0.15, 0.2) is 175 Å². The summed E-state index contributed by atoms with van der Waals surface area (Å²) in [6.07, 6.45) is 9.08. The fourth-order valence-electron chi connectivity index (χ4n) is 11.8. The van der Waals surface area contributed by atoms with E-state index in [1.165, 1.54) is 83.7 Å². The Balaban J connectivity index is 1.03. The van der Waals surface area contributed by atoms with E-state index in [0.29, 0.717) is 5.92 Å². The van der Waals surface area contributed by atoms with E-state index in [2.05, 4.69) is 201 Å². The number of ether oxygens (including phenoxy) is 2. The Morgan fingerprint density at radius 1 is 0.613 bits per heavy atom. The van der Waals surface area contributed by atoms with Gasteiger partial charge in [0, 0.05) is 45.2 Å². The van der Waals surface area contributed by atoms with Crippen LogP contribution in [0.2, 0.25) is 0 Å². The number of anilines is 3. The van der Waals surface area contributed by atoms with Gasteiger partial charge in [0.15, 0.2) is 0 Å². The maximum Gasteiger partial charge on any atom is 0.124 e. The van der Waals surface area contributed by atoms with Gasteiger partial charge in [-0.05, 0) is 122 Å². The van der Waals surface area contributed by atoms with Crippen molar-refractivity contribution in [3.63, 3.8) is 0 Å². The molecule has 306 valence electrons. The second-order valence-electron chi connectivity index (χ2n) is 18.7. The molecule has 7 aromatic carbocycles. The highest BCUT2D eigenvalue weighted by Gasteiger charge is 2.48. The Hall–Kier alpha value is -6.52. The van der Waals surface area contributed by atoms with Crippen LogP contribution in [-0.2, 0) is 11.8 Å². The molecule has 4 nitrogen and oxygen atoms in total. The Morgan fingerprint density at radius 2 is 1.31 bits per heavy atom. The Morgan fingerprint density at radius 3 is 2.11 bits per heavy atom. The first-order chi connectivity index (χ1) is 30.3. The van der Waals surface area contributed by atoms with Crippen LogP contribution in [0.4, 0.5) is 17.1 Å². The summed E-state index contributed by atoms with van der Waals surface area (Å²) in [7, 11) is 0. The second kappa shape index (κ2) is 14.3. The molecule has 0 bridgehead atoms. The fourth-order valence-corrected chi connectivity index (χ4v) is 11.8. The molecule has 0 radical (unpaired) electrons. The predicted molar refractivity (Wildman–Crippen MR) is 254 cm³/mol. The molecule has 0 saturated carbocycles. The van der Waals surface area contributed by atoms with Crippen LogP contribution in [0.5, 0.6) is 11.5 Å². The average Bonchev–Trinajstić information content (AvgIpc) is 3.81. The monoisotopic (exact) mass is 808 g/mol. The Kier molecular flexibility index (Phi) is 8.58. The maximum atomic E-state index is 6.68. The first-order valence-electron chi connectivity index (χ1n) is 22.6. The van der Waals surface area contributed by atoms with E-state index in [9.17, 15) is 0 Å². The SMILES string of the molecule is Cc1ccc2c(c1)C1C=C(N(c3ccccc3)c3cc4c(c5ccccc35)CC(N(C3=CC5(C)c6cc(C)ccc6O[C@@H]5CC3)c3ccccc3)c3ccccc3-4)CC(C)C1O2. The van der Waals surface area contributed by atoms with E-state index in [0.717, 1.165) is 37.2 Å². The third-order valence-electron chi connectivity index (χ3n) is 14.7. The van der Waals surface area contributed by atoms with Crippen LogP contribution >= 0.6 is 0 Å². The lowest BCUT2D eigenvalue weighted by molar-refractivity contribution is 0.148. The molecule has 0 spiro atoms. The number of aryl methyl sites for hydroxylation is 2. The minimum Gasteiger partial charge on any atom is -0.489 e. The molecule has 12 rings (SSSR count). The highest BCUT2D eigenvalue weighted by molar-refractivity contribution is 6.04. The second-order valence-corrected chi connectivity index (χ2v) is 18.7. The Labute approximate surface area is 365 Å². The third kappa shape index (κ3) is 5.79. The molecule has 0 fully saturated rings. The van der Waals surface area contributed by atoms with Crippen LogP contribution in [0.3, 0.4) is 0 Å². The molecule has 7 aromatic rings. The zero-order valence-corrected chi connectivity index (χ0v) is 36.0. The molecule has 62 heavy (non-hydrogen) atoms. The van der Waals surface area contributed by atoms with Gasteiger partial charge in [0.1, 0.15) is 23.7 Å². The van der Waals surface area contributed by atoms with Crippen molar-refractivity contribution in [2.75, 3.05) is 9.80 Å². The number of fused-ring (bicyclic) bond motifs is 11. The van der Waals surface area contributed by atoms with Crippen molar-refractivity contribution in [1.29, 1.82) is 0 Å². The first-order valence-corrected chi connectivity index (χ1v) is 22.6. The summed E-state index contributed by atoms with van der Waals surface area (Å²) in [6.45, 7) is 9.14. The van der Waals surface area contributed by atoms with Crippen LogP contribution in [-0.4, -0.2) is 12.2 Å². The fraction of sp³-hybridized carbons (Fsp3) is 0.241. The normalized spacial score (nSPS) is 23.9. The smallest absolute Gasteiger partial charge is 0.124 e. The van der Waals surface area contributed by atoms with Crippen molar-refractivity contribution in [3.05, 3.63) is 209 Å². The molecule has 3 aliphatic carbocycles. The standard InChI is InChI=1S/C58H52N2O2/c1-36-23-26-54-49(29-36)50-32-42(31-38(3)57(50)62-54)60(40-17-9-6-10-18-40)53-34-48-43-19-11-13-21-45(43)52(33-47(48)44-20-12-14-22-46(44)53)59(39-15-7-5-8-16-39)41-25-28-56-58(4,35-41)51-30-37(2)24-27-55(51)61-56/h5-24,26-27,29-30,32,34-35,38,50,52,56-57H,25,28,31,33H2,1-4H3/t38?,50?,52?,56-,57?,58?/m1/s1. The molecule has 0 N–H and O–H groups in total. The average molecular weight is 809 g/mol. The van der Waals surface area contributed by atoms with Crippen molar-refractivity contribution in [2.45, 2.75) is 83.0 Å². The molecule has 0 amide bonds. The lowest BCUT2D eigenvalue weighted by Gasteiger charge is -2.44. The summed E-state index contributed by atoms with van der Waals surface area (Å²) in [5.41, 5.74) is 16.7. The summed E-state index contributed by atoms with van der Waals surface area (Å²) in [4.78, 5) is 5.26. The van der Waals surface area contributed by atoms with Crippen molar-refractivity contribution >= 4 is 27.8 Å². The Bertz CT molecular complexity index is 2970. The van der Waals surface area contributed by atoms with E-state index in [4.69, 9.17) is 9.47 Å². The van der Waals surface area contributed by atoms with Gasteiger partial charge in [0.05, 0.1) is 17.1 Å². The van der Waals surface area contributed by atoms with Crippen LogP contribution < -0.4 is 19.3 Å². The van der Waals surface area contributed by atoms with Crippen molar-refractivity contribution in [1.82, 2.24) is 0 Å². The molecule has 5 unspecified atom stereocenters. The van der Waals surface area contributed by atoms with Gasteiger partial charge in [-0.25, -0.2) is 0 Å². The molecule has 6 atom stereocenters. The number of benzene rings is 7. The lowest BCUT2D eigenvalue weighted by atomic mass is 9.72. The zero-order valence-electron chi connectivity index (χ0n) is 36.0. The van der Waals surface area contributed by atoms with Crippen molar-refractivity contribution in [3.8, 4) is 22.6 Å². The summed E-state index contributed by atoms with van der Waals surface area (Å²) >= 11 is 0. The highest BCUT2D eigenvalue weighted by Crippen LogP contribution is 2.55. The third-order valence-corrected chi connectivity index (χ3v) is 14.7. The van der Waals surface area contributed by atoms with Gasteiger partial charge in [-0.3, -0.25) is 0 Å². The summed E-state index contributed by atoms with van der Waals surface area (Å²) < 4.78 is 13.4. The predicted octanol–water partition coefficient (Wildman–Crippen LogP) is 14.2. The van der Waals surface area contributed by atoms with Crippen LogP contribution in [0.1, 0.15) is 78.5 Å². The molecule has 2 heterocycles. The topological polar surface area (TPSA) is 24.9 Å². The zero-order chi connectivity index (χ0) is 41.7. The van der Waals surface area contributed by atoms with Crippen LogP contribution in [0, 0.1) is 19.8 Å². The number of hydrogen-bond donors (Lipinski definition) is 0. The number of nitrogens with zero attached hydrogens (tertiary/aromatic N) is 2. The van der Waals surface area contributed by atoms with Crippen LogP contribution in [0.25, 0.3) is 21.9 Å². The molecule has 5 aliphatic rings. The van der Waals surface area contributed by atoms with Gasteiger partial charge in [0.25, 0.3) is 0 Å². The molecule has 0 saturated heterocycles. The number of allylic oxidation sites excluding steroid dienone is 2. The minimum absolute atomic E-state index is 0.0935. The van der Waals surface area contributed by atoms with E-state index in [1.54, 1.807) is 0 Å². The van der Waals surface area contributed by atoms with Gasteiger partial charge in [0.2, 0.25) is 0 Å². The number of hydrogen-bond acceptors (Lipinski definition) is 4. The molecule has 2 aliphatic heterocycles. The number of para-hydroxylation sites is 2. The summed E-state index contributed by atoms with van der Waals surface area (Å²) in [5.74, 6) is 2.60. The van der Waals surface area contributed by atoms with E-state index >= 15 is 0 Å². The van der Waals surface area contributed by atoms with Gasteiger partial charge in [-0.2, -0.15) is 0 Å². The maximum absolute atomic E-state index is 6.68. The van der Waals surface area contributed by atoms with Gasteiger partial charge in [-0.15, -0.1) is 0 Å². The van der Waals surface area contributed by atoms with Crippen molar-refractivity contribution in [2.24, 2.45) is 5.92 Å². The highest BCUT2D eigenvalue weighted by atomic mass is 16.5. The van der Waals surface area contributed by atoms with Gasteiger partial charge < -0.3 is 19.3 Å². The van der Waals surface area contributed by atoms with E-state index in [1.807, 2.05) is 0 Å². The van der Waals surface area contributed by atoms with Crippen molar-refractivity contribution < 1.29 is 9.47 Å².